The van der Waals surface area contributed by atoms with Crippen molar-refractivity contribution in [3.63, 3.8) is 0 Å². The van der Waals surface area contributed by atoms with E-state index in [0.29, 0.717) is 27.8 Å². The minimum absolute atomic E-state index is 0.176. The topological polar surface area (TPSA) is 102 Å². The quantitative estimate of drug-likeness (QED) is 0.377. The molecule has 0 fully saturated rings. The summed E-state index contributed by atoms with van der Waals surface area (Å²) in [5.74, 6) is -0.256. The summed E-state index contributed by atoms with van der Waals surface area (Å²) in [4.78, 5) is 24.9. The van der Waals surface area contributed by atoms with Crippen molar-refractivity contribution < 1.29 is 23.5 Å². The number of esters is 1. The molecular formula is C23H22N2O5. The van der Waals surface area contributed by atoms with E-state index in [1.54, 1.807) is 76.3 Å². The van der Waals surface area contributed by atoms with Gasteiger partial charge in [0.1, 0.15) is 16.9 Å². The fraction of sp³-hybridized carbons (Fsp3) is 0.261. The monoisotopic (exact) mass is 406 g/mol. The summed E-state index contributed by atoms with van der Waals surface area (Å²) >= 11 is 0. The average molecular weight is 406 g/mol. The summed E-state index contributed by atoms with van der Waals surface area (Å²) in [5.41, 5.74) is 0.798. The van der Waals surface area contributed by atoms with Crippen LogP contribution < -0.4 is 10.1 Å². The van der Waals surface area contributed by atoms with Crippen molar-refractivity contribution in [1.82, 2.24) is 5.32 Å². The smallest absolute Gasteiger partial charge is 0.363 e. The molecule has 30 heavy (non-hydrogen) atoms. The van der Waals surface area contributed by atoms with Gasteiger partial charge in [0.2, 0.25) is 12.0 Å². The zero-order valence-electron chi connectivity index (χ0n) is 17.2. The molecule has 1 atom stereocenters. The lowest BCUT2D eigenvalue weighted by molar-refractivity contribution is -0.164. The molecule has 0 aliphatic heterocycles. The van der Waals surface area contributed by atoms with Crippen LogP contribution in [-0.4, -0.2) is 30.6 Å². The molecule has 1 aromatic heterocycles. The van der Waals surface area contributed by atoms with Gasteiger partial charge < -0.3 is 13.9 Å². The normalized spacial score (nSPS) is 12.2. The maximum absolute atomic E-state index is 12.7. The maximum atomic E-state index is 12.7. The van der Waals surface area contributed by atoms with Crippen molar-refractivity contribution in [3.05, 3.63) is 65.4 Å². The van der Waals surface area contributed by atoms with Crippen LogP contribution in [0.5, 0.6) is 5.75 Å². The molecule has 7 heteroatoms. The Balaban J connectivity index is 1.74. The summed E-state index contributed by atoms with van der Waals surface area (Å²) in [6, 6.07) is 15.0. The minimum atomic E-state index is -0.976. The van der Waals surface area contributed by atoms with E-state index in [9.17, 15) is 9.59 Å². The lowest BCUT2D eigenvalue weighted by atomic mass is 10.1. The third kappa shape index (κ3) is 4.85. The van der Waals surface area contributed by atoms with Gasteiger partial charge in [0.15, 0.2) is 5.76 Å². The number of likely N-dealkylation sites (N-methyl/N-ethyl adjacent to an activating group) is 1. The van der Waals surface area contributed by atoms with Gasteiger partial charge in [-0.15, -0.1) is 0 Å². The first kappa shape index (κ1) is 21.1. The molecule has 0 amide bonds. The van der Waals surface area contributed by atoms with E-state index in [1.807, 2.05) is 0 Å². The minimum Gasteiger partial charge on any atom is -0.464 e. The van der Waals surface area contributed by atoms with Crippen LogP contribution in [0.2, 0.25) is 0 Å². The summed E-state index contributed by atoms with van der Waals surface area (Å²) in [5, 5.41) is 12.4. The molecule has 0 saturated heterocycles. The van der Waals surface area contributed by atoms with E-state index in [2.05, 4.69) is 11.4 Å². The van der Waals surface area contributed by atoms with Gasteiger partial charge in [0.05, 0.1) is 11.6 Å². The van der Waals surface area contributed by atoms with Crippen LogP contribution in [0.3, 0.4) is 0 Å². The zero-order chi connectivity index (χ0) is 21.9. The Hall–Kier alpha value is -3.63. The molecule has 1 unspecified atom stereocenters. The molecule has 0 radical (unpaired) electrons. The molecule has 0 bridgehead atoms. The Morgan fingerprint density at radius 2 is 1.80 bits per heavy atom. The summed E-state index contributed by atoms with van der Waals surface area (Å²) < 4.78 is 16.6. The van der Waals surface area contributed by atoms with Crippen LogP contribution in [0.25, 0.3) is 11.0 Å². The molecule has 1 heterocycles. The largest absolute Gasteiger partial charge is 0.464 e. The number of rotatable bonds is 6. The third-order valence-corrected chi connectivity index (χ3v) is 4.12. The van der Waals surface area contributed by atoms with Gasteiger partial charge in [-0.25, -0.2) is 4.79 Å². The van der Waals surface area contributed by atoms with Crippen LogP contribution in [0.15, 0.2) is 52.9 Å². The number of furan rings is 1. The molecule has 3 aromatic rings. The Kier molecular flexibility index (Phi) is 5.90. The van der Waals surface area contributed by atoms with Gasteiger partial charge in [-0.05, 0) is 76.3 Å². The number of carbonyl (C=O) groups excluding carboxylic acids is 2. The highest BCUT2D eigenvalue weighted by Crippen LogP contribution is 2.24. The maximum Gasteiger partial charge on any atom is 0.363 e. The zero-order valence-corrected chi connectivity index (χ0v) is 17.2. The first-order valence-electron chi connectivity index (χ1n) is 9.35. The number of hydrogen-bond donors (Lipinski definition) is 1. The lowest BCUT2D eigenvalue weighted by Gasteiger charge is -2.24. The molecule has 0 saturated carbocycles. The number of nitrogens with one attached hydrogen (secondary N) is 1. The van der Waals surface area contributed by atoms with E-state index >= 15 is 0 Å². The molecular weight excluding hydrogens is 384 g/mol. The van der Waals surface area contributed by atoms with Crippen LogP contribution in [-0.2, 0) is 9.53 Å². The van der Waals surface area contributed by atoms with Gasteiger partial charge >= 0.3 is 5.97 Å². The average Bonchev–Trinajstić information content (AvgIpc) is 3.13. The Labute approximate surface area is 174 Å². The van der Waals surface area contributed by atoms with E-state index in [-0.39, 0.29) is 11.5 Å². The molecule has 3 rings (SSSR count). The van der Waals surface area contributed by atoms with Crippen molar-refractivity contribution in [2.24, 2.45) is 0 Å². The standard InChI is InChI=1S/C23H22N2O5/c1-23(2,3)30-22(27)21(25-4)28-17-8-6-15(7-9-17)20(26)19-12-16-11-14(13-24)5-10-18(16)29-19/h5-12,21,25H,1-4H3. The second-order valence-corrected chi connectivity index (χ2v) is 7.65. The Morgan fingerprint density at radius 3 is 2.40 bits per heavy atom. The molecule has 0 aliphatic carbocycles. The molecule has 2 aromatic carbocycles. The number of fused-ring (bicyclic) bond motifs is 1. The van der Waals surface area contributed by atoms with Crippen molar-refractivity contribution >= 4 is 22.7 Å². The molecule has 1 N–H and O–H groups in total. The van der Waals surface area contributed by atoms with Gasteiger partial charge in [-0.2, -0.15) is 5.26 Å². The van der Waals surface area contributed by atoms with Crippen LogP contribution in [0.1, 0.15) is 42.5 Å². The SMILES string of the molecule is CNC(Oc1ccc(C(=O)c2cc3cc(C#N)ccc3o2)cc1)C(=O)OC(C)(C)C. The highest BCUT2D eigenvalue weighted by molar-refractivity contribution is 6.09. The van der Waals surface area contributed by atoms with E-state index in [1.165, 1.54) is 0 Å². The van der Waals surface area contributed by atoms with Gasteiger partial charge in [-0.1, -0.05) is 0 Å². The van der Waals surface area contributed by atoms with Gasteiger partial charge in [-0.3, -0.25) is 10.1 Å². The van der Waals surface area contributed by atoms with Crippen molar-refractivity contribution in [1.29, 1.82) is 5.26 Å². The lowest BCUT2D eigenvalue weighted by Crippen LogP contribution is -2.43. The first-order valence-corrected chi connectivity index (χ1v) is 9.35. The number of ketones is 1. The highest BCUT2D eigenvalue weighted by Gasteiger charge is 2.25. The van der Waals surface area contributed by atoms with Gasteiger partial charge in [0, 0.05) is 10.9 Å². The van der Waals surface area contributed by atoms with Crippen molar-refractivity contribution in [3.8, 4) is 11.8 Å². The van der Waals surface area contributed by atoms with Gasteiger partial charge in [0.25, 0.3) is 0 Å². The van der Waals surface area contributed by atoms with E-state index in [4.69, 9.17) is 19.2 Å². The number of nitriles is 1. The summed E-state index contributed by atoms with van der Waals surface area (Å²) in [7, 11) is 1.59. The summed E-state index contributed by atoms with van der Waals surface area (Å²) in [6.45, 7) is 5.33. The van der Waals surface area contributed by atoms with E-state index in [0.717, 1.165) is 0 Å². The van der Waals surface area contributed by atoms with Crippen LogP contribution >= 0.6 is 0 Å². The third-order valence-electron chi connectivity index (χ3n) is 4.12. The second-order valence-electron chi connectivity index (χ2n) is 7.65. The molecule has 7 nitrogen and oxygen atoms in total. The number of benzene rings is 2. The van der Waals surface area contributed by atoms with Crippen molar-refractivity contribution in [2.45, 2.75) is 32.6 Å². The number of ether oxygens (including phenoxy) is 2. The fourth-order valence-corrected chi connectivity index (χ4v) is 2.77. The molecule has 0 spiro atoms. The van der Waals surface area contributed by atoms with Crippen molar-refractivity contribution in [2.75, 3.05) is 7.05 Å². The second kappa shape index (κ2) is 8.39. The Morgan fingerprint density at radius 1 is 1.10 bits per heavy atom. The number of hydrogen-bond acceptors (Lipinski definition) is 7. The van der Waals surface area contributed by atoms with E-state index < -0.39 is 17.8 Å². The first-order chi connectivity index (χ1) is 14.2. The van der Waals surface area contributed by atoms with Crippen LogP contribution in [0.4, 0.5) is 0 Å². The fourth-order valence-electron chi connectivity index (χ4n) is 2.77. The summed E-state index contributed by atoms with van der Waals surface area (Å²) in [6.07, 6.45) is -0.976. The molecule has 154 valence electrons. The predicted molar refractivity (Wildman–Crippen MR) is 110 cm³/mol. The number of nitrogens with zero attached hydrogens (tertiary/aromatic N) is 1. The highest BCUT2D eigenvalue weighted by atomic mass is 16.6. The van der Waals surface area contributed by atoms with Crippen LogP contribution in [0, 0.1) is 11.3 Å². The predicted octanol–water partition coefficient (Wildman–Crippen LogP) is 3.80. The molecule has 0 aliphatic rings. The Bertz CT molecular complexity index is 1120. The number of carbonyl (C=O) groups is 2.